The Labute approximate surface area is 228 Å². The van der Waals surface area contributed by atoms with Gasteiger partial charge in [-0.15, -0.1) is 0 Å². The van der Waals surface area contributed by atoms with Crippen LogP contribution in [0.15, 0.2) is 77.7 Å². The normalized spacial score (nSPS) is 12.0. The van der Waals surface area contributed by atoms with E-state index in [-0.39, 0.29) is 33.1 Å². The van der Waals surface area contributed by atoms with Crippen molar-refractivity contribution in [1.82, 2.24) is 10.2 Å². The van der Waals surface area contributed by atoms with Gasteiger partial charge in [0.15, 0.2) is 0 Å². The molecule has 1 atom stereocenters. The molecule has 0 aliphatic carbocycles. The molecule has 0 aromatic heterocycles. The van der Waals surface area contributed by atoms with Crippen LogP contribution in [0, 0.1) is 6.92 Å². The van der Waals surface area contributed by atoms with Crippen molar-refractivity contribution in [2.45, 2.75) is 38.3 Å². The van der Waals surface area contributed by atoms with Crippen molar-refractivity contribution in [1.29, 1.82) is 0 Å². The third-order valence-corrected chi connectivity index (χ3v) is 8.35. The summed E-state index contributed by atoms with van der Waals surface area (Å²) >= 11 is 12.6. The molecule has 0 aliphatic rings. The van der Waals surface area contributed by atoms with Gasteiger partial charge in [-0.3, -0.25) is 13.9 Å². The Balaban J connectivity index is 2.07. The molecule has 0 saturated carbocycles. The second kappa shape index (κ2) is 12.4. The van der Waals surface area contributed by atoms with Crippen LogP contribution < -0.4 is 9.62 Å². The number of likely N-dealkylation sites (N-methyl/N-ethyl adjacent to an activating group) is 1. The molecule has 3 rings (SSSR count). The SMILES string of the molecule is CCNC(=O)[C@H](C)N(Cc1cccc(C)c1)C(=O)CN(c1cccc(Cl)c1Cl)S(=O)(=O)c1ccccc1. The second-order valence-electron chi connectivity index (χ2n) is 8.48. The van der Waals surface area contributed by atoms with Crippen LogP contribution in [0.4, 0.5) is 5.69 Å². The lowest BCUT2D eigenvalue weighted by Gasteiger charge is -2.32. The maximum atomic E-state index is 13.8. The number of amides is 2. The minimum Gasteiger partial charge on any atom is -0.355 e. The number of nitrogens with one attached hydrogen (secondary N) is 1. The van der Waals surface area contributed by atoms with E-state index in [2.05, 4.69) is 5.32 Å². The predicted octanol–water partition coefficient (Wildman–Crippen LogP) is 5.05. The van der Waals surface area contributed by atoms with Crippen LogP contribution in [0.2, 0.25) is 10.0 Å². The van der Waals surface area contributed by atoms with Gasteiger partial charge in [0.1, 0.15) is 12.6 Å². The number of hydrogen-bond acceptors (Lipinski definition) is 4. The van der Waals surface area contributed by atoms with E-state index in [1.165, 1.54) is 29.2 Å². The zero-order valence-corrected chi connectivity index (χ0v) is 23.1. The van der Waals surface area contributed by atoms with Gasteiger partial charge in [-0.05, 0) is 50.6 Å². The van der Waals surface area contributed by atoms with Crippen LogP contribution in [-0.4, -0.2) is 44.3 Å². The highest BCUT2D eigenvalue weighted by molar-refractivity contribution is 7.92. The lowest BCUT2D eigenvalue weighted by molar-refractivity contribution is -0.139. The van der Waals surface area contributed by atoms with Crippen LogP contribution in [0.5, 0.6) is 0 Å². The molecule has 0 saturated heterocycles. The van der Waals surface area contributed by atoms with Gasteiger partial charge in [0, 0.05) is 13.1 Å². The quantitative estimate of drug-likeness (QED) is 0.375. The van der Waals surface area contributed by atoms with Crippen LogP contribution in [-0.2, 0) is 26.2 Å². The van der Waals surface area contributed by atoms with Gasteiger partial charge in [0.25, 0.3) is 10.0 Å². The minimum absolute atomic E-state index is 0.00141. The largest absolute Gasteiger partial charge is 0.355 e. The third-order valence-electron chi connectivity index (χ3n) is 5.76. The maximum Gasteiger partial charge on any atom is 0.264 e. The van der Waals surface area contributed by atoms with Gasteiger partial charge < -0.3 is 10.2 Å². The van der Waals surface area contributed by atoms with E-state index in [1.54, 1.807) is 38.1 Å². The lowest BCUT2D eigenvalue weighted by Crippen LogP contribution is -2.51. The van der Waals surface area contributed by atoms with Crippen molar-refractivity contribution in [3.8, 4) is 0 Å². The number of aryl methyl sites for hydroxylation is 1. The van der Waals surface area contributed by atoms with Crippen molar-refractivity contribution in [3.63, 3.8) is 0 Å². The molecule has 0 bridgehead atoms. The molecule has 7 nitrogen and oxygen atoms in total. The first kappa shape index (κ1) is 28.5. The minimum atomic E-state index is -4.22. The zero-order valence-electron chi connectivity index (χ0n) is 20.8. The fourth-order valence-corrected chi connectivity index (χ4v) is 5.72. The molecule has 0 heterocycles. The summed E-state index contributed by atoms with van der Waals surface area (Å²) in [6.45, 7) is 5.24. The molecule has 0 spiro atoms. The van der Waals surface area contributed by atoms with E-state index >= 15 is 0 Å². The summed E-state index contributed by atoms with van der Waals surface area (Å²) in [6.07, 6.45) is 0. The van der Waals surface area contributed by atoms with Crippen LogP contribution in [0.1, 0.15) is 25.0 Å². The van der Waals surface area contributed by atoms with E-state index in [9.17, 15) is 18.0 Å². The monoisotopic (exact) mass is 561 g/mol. The molecule has 37 heavy (non-hydrogen) atoms. The highest BCUT2D eigenvalue weighted by Gasteiger charge is 2.33. The number of benzene rings is 3. The lowest BCUT2D eigenvalue weighted by atomic mass is 10.1. The number of sulfonamides is 1. The standard InChI is InChI=1S/C27H29Cl2N3O4S/c1-4-30-27(34)20(3)31(17-21-11-8-10-19(2)16-21)25(33)18-32(24-15-9-14-23(28)26(24)29)37(35,36)22-12-6-5-7-13-22/h5-16,20H,4,17-18H2,1-3H3,(H,30,34)/t20-/m0/s1. The average Bonchev–Trinajstić information content (AvgIpc) is 2.88. The summed E-state index contributed by atoms with van der Waals surface area (Å²) < 4.78 is 28.4. The number of carbonyl (C=O) groups excluding carboxylic acids is 2. The highest BCUT2D eigenvalue weighted by atomic mass is 35.5. The Hall–Kier alpha value is -3.07. The average molecular weight is 563 g/mol. The fourth-order valence-electron chi connectivity index (χ4n) is 3.83. The molecule has 3 aromatic carbocycles. The molecule has 10 heteroatoms. The van der Waals surface area contributed by atoms with E-state index in [0.29, 0.717) is 6.54 Å². The van der Waals surface area contributed by atoms with Crippen molar-refractivity contribution in [2.75, 3.05) is 17.4 Å². The van der Waals surface area contributed by atoms with Crippen molar-refractivity contribution >= 4 is 50.7 Å². The number of anilines is 1. The van der Waals surface area contributed by atoms with Gasteiger partial charge in [0.2, 0.25) is 11.8 Å². The van der Waals surface area contributed by atoms with Crippen molar-refractivity contribution in [3.05, 3.63) is 94.0 Å². The summed E-state index contributed by atoms with van der Waals surface area (Å²) in [6, 6.07) is 19.0. The third kappa shape index (κ3) is 6.83. The predicted molar refractivity (Wildman–Crippen MR) is 147 cm³/mol. The number of nitrogens with zero attached hydrogens (tertiary/aromatic N) is 2. The molecule has 1 N–H and O–H groups in total. The summed E-state index contributed by atoms with van der Waals surface area (Å²) in [5.41, 5.74) is 1.87. The van der Waals surface area contributed by atoms with E-state index in [4.69, 9.17) is 23.2 Å². The Morgan fingerprint density at radius 3 is 2.30 bits per heavy atom. The first-order chi connectivity index (χ1) is 17.6. The summed E-state index contributed by atoms with van der Waals surface area (Å²) in [5, 5.41) is 2.88. The molecule has 196 valence electrons. The highest BCUT2D eigenvalue weighted by Crippen LogP contribution is 2.35. The summed E-state index contributed by atoms with van der Waals surface area (Å²) in [5.74, 6) is -0.919. The van der Waals surface area contributed by atoms with Gasteiger partial charge in [-0.1, -0.05) is 77.3 Å². The first-order valence-corrected chi connectivity index (χ1v) is 13.9. The number of hydrogen-bond donors (Lipinski definition) is 1. The van der Waals surface area contributed by atoms with Crippen LogP contribution in [0.3, 0.4) is 0 Å². The number of halogens is 2. The fraction of sp³-hybridized carbons (Fsp3) is 0.259. The summed E-state index contributed by atoms with van der Waals surface area (Å²) in [7, 11) is -4.22. The van der Waals surface area contributed by atoms with Crippen molar-refractivity contribution < 1.29 is 18.0 Å². The van der Waals surface area contributed by atoms with Crippen molar-refractivity contribution in [2.24, 2.45) is 0 Å². The second-order valence-corrected chi connectivity index (χ2v) is 11.1. The molecular formula is C27H29Cl2N3O4S. The maximum absolute atomic E-state index is 13.8. The number of rotatable bonds is 10. The Kier molecular flexibility index (Phi) is 9.59. The van der Waals surface area contributed by atoms with E-state index in [1.807, 2.05) is 31.2 Å². The first-order valence-electron chi connectivity index (χ1n) is 11.7. The van der Waals surface area contributed by atoms with E-state index in [0.717, 1.165) is 15.4 Å². The van der Waals surface area contributed by atoms with E-state index < -0.39 is 28.5 Å². The van der Waals surface area contributed by atoms with Gasteiger partial charge in [-0.25, -0.2) is 8.42 Å². The molecule has 0 unspecified atom stereocenters. The van der Waals surface area contributed by atoms with Gasteiger partial charge in [0.05, 0.1) is 20.6 Å². The molecule has 2 amide bonds. The molecule has 0 fully saturated rings. The summed E-state index contributed by atoms with van der Waals surface area (Å²) in [4.78, 5) is 27.9. The van der Waals surface area contributed by atoms with Crippen LogP contribution in [0.25, 0.3) is 0 Å². The molecular weight excluding hydrogens is 533 g/mol. The Morgan fingerprint density at radius 1 is 0.973 bits per heavy atom. The number of carbonyl (C=O) groups is 2. The Bertz CT molecular complexity index is 1370. The zero-order chi connectivity index (χ0) is 27.2. The topological polar surface area (TPSA) is 86.8 Å². The van der Waals surface area contributed by atoms with Gasteiger partial charge in [-0.2, -0.15) is 0 Å². The molecule has 0 aliphatic heterocycles. The Morgan fingerprint density at radius 2 is 1.65 bits per heavy atom. The van der Waals surface area contributed by atoms with Gasteiger partial charge >= 0.3 is 0 Å². The van der Waals surface area contributed by atoms with Crippen LogP contribution >= 0.6 is 23.2 Å². The molecule has 3 aromatic rings. The molecule has 0 radical (unpaired) electrons. The smallest absolute Gasteiger partial charge is 0.264 e.